The second kappa shape index (κ2) is 8.83. The maximum Gasteiger partial charge on any atom is 0.263 e. The standard InChI is InChI=1S/C20H21N3O3S3/c1-3-6-23-19(25)16-14(15-5-4-11-27-15)12-28-17(16)21-20(23)29-13(2)18(24)22-7-9-26-10-8-22/h3-5,11-13H,1,6-10H2,2H3. The van der Waals surface area contributed by atoms with Crippen molar-refractivity contribution in [2.24, 2.45) is 0 Å². The third kappa shape index (κ3) is 4.05. The second-order valence-electron chi connectivity index (χ2n) is 6.60. The first kappa shape index (κ1) is 20.3. The van der Waals surface area contributed by atoms with Gasteiger partial charge in [0.15, 0.2) is 5.16 Å². The Balaban J connectivity index is 1.70. The molecule has 29 heavy (non-hydrogen) atoms. The van der Waals surface area contributed by atoms with Crippen LogP contribution in [0.3, 0.4) is 0 Å². The number of nitrogens with zero attached hydrogens (tertiary/aromatic N) is 3. The number of rotatable bonds is 6. The van der Waals surface area contributed by atoms with Gasteiger partial charge in [0, 0.05) is 35.5 Å². The normalized spacial score (nSPS) is 15.6. The van der Waals surface area contributed by atoms with Crippen LogP contribution in [0.15, 0.2) is 45.5 Å². The fraction of sp³-hybridized carbons (Fsp3) is 0.350. The number of aromatic nitrogens is 2. The minimum absolute atomic E-state index is 0.0447. The van der Waals surface area contributed by atoms with E-state index in [-0.39, 0.29) is 16.7 Å². The molecule has 0 spiro atoms. The van der Waals surface area contributed by atoms with Gasteiger partial charge >= 0.3 is 0 Å². The van der Waals surface area contributed by atoms with Crippen LogP contribution in [0.4, 0.5) is 0 Å². The summed E-state index contributed by atoms with van der Waals surface area (Å²) in [5, 5.41) is 4.83. The second-order valence-corrected chi connectivity index (χ2v) is 9.72. The molecule has 0 aliphatic carbocycles. The molecule has 0 bridgehead atoms. The summed E-state index contributed by atoms with van der Waals surface area (Å²) in [7, 11) is 0. The molecule has 4 rings (SSSR count). The number of hydrogen-bond acceptors (Lipinski definition) is 7. The van der Waals surface area contributed by atoms with E-state index in [0.717, 1.165) is 10.4 Å². The van der Waals surface area contributed by atoms with E-state index in [0.29, 0.717) is 48.2 Å². The van der Waals surface area contributed by atoms with E-state index >= 15 is 0 Å². The minimum Gasteiger partial charge on any atom is -0.378 e. The highest BCUT2D eigenvalue weighted by Crippen LogP contribution is 2.35. The van der Waals surface area contributed by atoms with Gasteiger partial charge in [-0.1, -0.05) is 23.9 Å². The number of ether oxygens (including phenoxy) is 1. The molecule has 1 unspecified atom stereocenters. The zero-order valence-corrected chi connectivity index (χ0v) is 18.4. The summed E-state index contributed by atoms with van der Waals surface area (Å²) in [6, 6.07) is 3.98. The van der Waals surface area contributed by atoms with Gasteiger partial charge in [-0.2, -0.15) is 0 Å². The minimum atomic E-state index is -0.342. The van der Waals surface area contributed by atoms with Crippen LogP contribution in [0.2, 0.25) is 0 Å². The molecule has 0 N–H and O–H groups in total. The quantitative estimate of drug-likeness (QED) is 0.327. The first-order valence-electron chi connectivity index (χ1n) is 9.30. The van der Waals surface area contributed by atoms with E-state index in [4.69, 9.17) is 9.72 Å². The number of fused-ring (bicyclic) bond motifs is 1. The predicted molar refractivity (Wildman–Crippen MR) is 120 cm³/mol. The van der Waals surface area contributed by atoms with Crippen molar-refractivity contribution >= 4 is 50.6 Å². The molecule has 0 saturated carbocycles. The van der Waals surface area contributed by atoms with Crippen LogP contribution in [-0.2, 0) is 16.1 Å². The molecule has 9 heteroatoms. The van der Waals surface area contributed by atoms with Gasteiger partial charge in [-0.25, -0.2) is 4.98 Å². The largest absolute Gasteiger partial charge is 0.378 e. The van der Waals surface area contributed by atoms with Crippen molar-refractivity contribution in [3.8, 4) is 10.4 Å². The number of thioether (sulfide) groups is 1. The lowest BCUT2D eigenvalue weighted by Gasteiger charge is -2.29. The Bertz CT molecular complexity index is 1080. The topological polar surface area (TPSA) is 64.4 Å². The summed E-state index contributed by atoms with van der Waals surface area (Å²) in [5.41, 5.74) is 0.831. The summed E-state index contributed by atoms with van der Waals surface area (Å²) < 4.78 is 6.95. The molecular formula is C20H21N3O3S3. The molecule has 4 heterocycles. The van der Waals surface area contributed by atoms with E-state index in [9.17, 15) is 9.59 Å². The molecule has 3 aromatic rings. The van der Waals surface area contributed by atoms with Gasteiger partial charge in [-0.3, -0.25) is 14.2 Å². The van der Waals surface area contributed by atoms with Gasteiger partial charge < -0.3 is 9.64 Å². The first-order chi connectivity index (χ1) is 14.1. The van der Waals surface area contributed by atoms with Crippen molar-refractivity contribution in [1.82, 2.24) is 14.5 Å². The zero-order chi connectivity index (χ0) is 20.4. The third-order valence-electron chi connectivity index (χ3n) is 4.71. The van der Waals surface area contributed by atoms with Crippen LogP contribution in [-0.4, -0.2) is 51.9 Å². The lowest BCUT2D eigenvalue weighted by atomic mass is 10.2. The molecule has 1 amide bonds. The molecule has 1 aliphatic rings. The molecular weight excluding hydrogens is 426 g/mol. The monoisotopic (exact) mass is 447 g/mol. The van der Waals surface area contributed by atoms with Gasteiger partial charge in [-0.05, 0) is 18.4 Å². The molecule has 1 atom stereocenters. The van der Waals surface area contributed by atoms with E-state index < -0.39 is 0 Å². The fourth-order valence-electron chi connectivity index (χ4n) is 3.25. The number of allylic oxidation sites excluding steroid dienone is 1. The van der Waals surface area contributed by atoms with Crippen LogP contribution in [0.25, 0.3) is 20.7 Å². The number of carbonyl (C=O) groups is 1. The third-order valence-corrected chi connectivity index (χ3v) is 7.56. The molecule has 0 radical (unpaired) electrons. The number of thiophene rings is 2. The number of hydrogen-bond donors (Lipinski definition) is 0. The molecule has 1 saturated heterocycles. The van der Waals surface area contributed by atoms with E-state index in [1.54, 1.807) is 22.0 Å². The summed E-state index contributed by atoms with van der Waals surface area (Å²) in [6.45, 7) is 8.33. The molecule has 0 aromatic carbocycles. The average molecular weight is 448 g/mol. The Hall–Kier alpha value is -1.94. The van der Waals surface area contributed by atoms with Crippen molar-refractivity contribution in [1.29, 1.82) is 0 Å². The van der Waals surface area contributed by atoms with Gasteiger partial charge in [-0.15, -0.1) is 29.3 Å². The van der Waals surface area contributed by atoms with Gasteiger partial charge in [0.05, 0.1) is 23.8 Å². The molecule has 3 aromatic heterocycles. The van der Waals surface area contributed by atoms with E-state index in [1.165, 1.54) is 23.1 Å². The summed E-state index contributed by atoms with van der Waals surface area (Å²) >= 11 is 4.39. The molecule has 1 fully saturated rings. The Kier molecular flexibility index (Phi) is 6.19. The maximum atomic E-state index is 13.3. The Labute approximate surface area is 180 Å². The van der Waals surface area contributed by atoms with Gasteiger partial charge in [0.25, 0.3) is 5.56 Å². The van der Waals surface area contributed by atoms with Crippen molar-refractivity contribution in [2.75, 3.05) is 26.3 Å². The Morgan fingerprint density at radius 1 is 1.41 bits per heavy atom. The summed E-state index contributed by atoms with van der Waals surface area (Å²) in [5.74, 6) is 0.0447. The van der Waals surface area contributed by atoms with E-state index in [1.807, 2.05) is 34.7 Å². The SMILES string of the molecule is C=CCn1c(SC(C)C(=O)N2CCOCC2)nc2scc(-c3cccs3)c2c1=O. The van der Waals surface area contributed by atoms with Gasteiger partial charge in [0.1, 0.15) is 4.83 Å². The van der Waals surface area contributed by atoms with Crippen LogP contribution < -0.4 is 5.56 Å². The van der Waals surface area contributed by atoms with Crippen LogP contribution >= 0.6 is 34.4 Å². The molecule has 6 nitrogen and oxygen atoms in total. The van der Waals surface area contributed by atoms with Crippen molar-refractivity contribution < 1.29 is 9.53 Å². The van der Waals surface area contributed by atoms with Crippen molar-refractivity contribution in [2.45, 2.75) is 23.9 Å². The highest BCUT2D eigenvalue weighted by atomic mass is 32.2. The lowest BCUT2D eigenvalue weighted by molar-refractivity contribution is -0.134. The van der Waals surface area contributed by atoms with Crippen LogP contribution in [0.5, 0.6) is 0 Å². The van der Waals surface area contributed by atoms with Crippen LogP contribution in [0, 0.1) is 0 Å². The molecule has 152 valence electrons. The number of amides is 1. The fourth-order valence-corrected chi connectivity index (χ4v) is 6.05. The lowest BCUT2D eigenvalue weighted by Crippen LogP contribution is -2.44. The average Bonchev–Trinajstić information content (AvgIpc) is 3.40. The summed E-state index contributed by atoms with van der Waals surface area (Å²) in [6.07, 6.45) is 1.69. The number of carbonyl (C=O) groups excluding carboxylic acids is 1. The predicted octanol–water partition coefficient (Wildman–Crippen LogP) is 3.71. The molecule has 1 aliphatic heterocycles. The maximum absolute atomic E-state index is 13.3. The van der Waals surface area contributed by atoms with Crippen LogP contribution in [0.1, 0.15) is 6.92 Å². The zero-order valence-electron chi connectivity index (χ0n) is 16.0. The van der Waals surface area contributed by atoms with Crippen molar-refractivity contribution in [3.05, 3.63) is 45.9 Å². The highest BCUT2D eigenvalue weighted by molar-refractivity contribution is 8.00. The Morgan fingerprint density at radius 3 is 2.90 bits per heavy atom. The van der Waals surface area contributed by atoms with Crippen molar-refractivity contribution in [3.63, 3.8) is 0 Å². The first-order valence-corrected chi connectivity index (χ1v) is 11.9. The number of morpholine rings is 1. The van der Waals surface area contributed by atoms with E-state index in [2.05, 4.69) is 6.58 Å². The summed E-state index contributed by atoms with van der Waals surface area (Å²) in [4.78, 5) is 34.5. The Morgan fingerprint density at radius 2 is 2.21 bits per heavy atom. The van der Waals surface area contributed by atoms with Gasteiger partial charge in [0.2, 0.25) is 5.91 Å². The smallest absolute Gasteiger partial charge is 0.263 e. The highest BCUT2D eigenvalue weighted by Gasteiger charge is 2.26.